The zero-order chi connectivity index (χ0) is 27.8. The molecule has 4 nitrogen and oxygen atoms in total. The van der Waals surface area contributed by atoms with Crippen molar-refractivity contribution in [3.05, 3.63) is 96.6 Å². The van der Waals surface area contributed by atoms with E-state index < -0.39 is 20.3 Å². The first-order chi connectivity index (χ1) is 18.1. The van der Waals surface area contributed by atoms with Gasteiger partial charge < -0.3 is 14.3 Å². The van der Waals surface area contributed by atoms with Crippen molar-refractivity contribution in [1.82, 2.24) is 0 Å². The fourth-order valence-electron chi connectivity index (χ4n) is 5.24. The van der Waals surface area contributed by atoms with E-state index in [9.17, 15) is 9.90 Å². The largest absolute Gasteiger partial charge is 0.407 e. The molecule has 0 aliphatic rings. The number of hydrogen-bond donors (Lipinski definition) is 1. The van der Waals surface area contributed by atoms with Crippen LogP contribution in [0.4, 0.5) is 0 Å². The van der Waals surface area contributed by atoms with Crippen LogP contribution in [-0.4, -0.2) is 38.5 Å². The number of Topliss-reactive ketones (excluding diaryl/α,β-unsaturated/α-hetero) is 1. The second kappa shape index (κ2) is 13.5. The van der Waals surface area contributed by atoms with Gasteiger partial charge in [0.05, 0.1) is 19.3 Å². The molecular formula is C33H44O4Si. The third kappa shape index (κ3) is 7.09. The Morgan fingerprint density at radius 1 is 0.789 bits per heavy atom. The number of carbonyl (C=O) groups is 1. The van der Waals surface area contributed by atoms with Gasteiger partial charge in [0.1, 0.15) is 5.78 Å². The Labute approximate surface area is 230 Å². The molecule has 0 unspecified atom stereocenters. The lowest BCUT2D eigenvalue weighted by Gasteiger charge is -2.44. The van der Waals surface area contributed by atoms with Crippen LogP contribution in [0.25, 0.3) is 0 Å². The van der Waals surface area contributed by atoms with Crippen molar-refractivity contribution in [2.75, 3.05) is 13.2 Å². The lowest BCUT2D eigenvalue weighted by molar-refractivity contribution is -0.132. The Kier molecular flexibility index (Phi) is 10.6. The minimum absolute atomic E-state index is 0.0165. The van der Waals surface area contributed by atoms with Gasteiger partial charge in [0.15, 0.2) is 0 Å². The van der Waals surface area contributed by atoms with Gasteiger partial charge in [0, 0.05) is 24.4 Å². The van der Waals surface area contributed by atoms with Crippen LogP contribution in [0.5, 0.6) is 0 Å². The fourth-order valence-corrected chi connectivity index (χ4v) is 9.90. The summed E-state index contributed by atoms with van der Waals surface area (Å²) in [4.78, 5) is 13.2. The molecule has 0 fully saturated rings. The van der Waals surface area contributed by atoms with Gasteiger partial charge in [-0.2, -0.15) is 0 Å². The van der Waals surface area contributed by atoms with Gasteiger partial charge in [0.2, 0.25) is 0 Å². The number of rotatable bonds is 13. The van der Waals surface area contributed by atoms with Crippen LogP contribution in [0.15, 0.2) is 91.0 Å². The van der Waals surface area contributed by atoms with E-state index >= 15 is 0 Å². The molecule has 3 aromatic carbocycles. The molecule has 0 aliphatic carbocycles. The van der Waals surface area contributed by atoms with Crippen LogP contribution in [0, 0.1) is 17.8 Å². The molecule has 3 rings (SSSR count). The molecular weight excluding hydrogens is 488 g/mol. The van der Waals surface area contributed by atoms with E-state index in [1.54, 1.807) is 0 Å². The Morgan fingerprint density at radius 2 is 1.26 bits per heavy atom. The molecule has 38 heavy (non-hydrogen) atoms. The summed E-state index contributed by atoms with van der Waals surface area (Å²) in [7, 11) is -2.71. The highest BCUT2D eigenvalue weighted by Crippen LogP contribution is 2.37. The highest BCUT2D eigenvalue weighted by atomic mass is 28.4. The van der Waals surface area contributed by atoms with Gasteiger partial charge in [-0.15, -0.1) is 0 Å². The van der Waals surface area contributed by atoms with E-state index in [1.165, 1.54) is 10.4 Å². The van der Waals surface area contributed by atoms with Crippen molar-refractivity contribution in [3.8, 4) is 0 Å². The molecule has 5 heteroatoms. The van der Waals surface area contributed by atoms with Crippen LogP contribution in [0.3, 0.4) is 0 Å². The second-order valence-corrected chi connectivity index (χ2v) is 15.8. The molecule has 0 heterocycles. The van der Waals surface area contributed by atoms with E-state index in [0.717, 1.165) is 5.56 Å². The van der Waals surface area contributed by atoms with Crippen molar-refractivity contribution in [2.45, 2.75) is 59.3 Å². The topological polar surface area (TPSA) is 55.8 Å². The van der Waals surface area contributed by atoms with Crippen LogP contribution in [0.2, 0.25) is 5.04 Å². The van der Waals surface area contributed by atoms with E-state index in [0.29, 0.717) is 19.8 Å². The highest BCUT2D eigenvalue weighted by molar-refractivity contribution is 6.99. The molecule has 0 aliphatic heterocycles. The quantitative estimate of drug-likeness (QED) is 0.291. The minimum Gasteiger partial charge on any atom is -0.407 e. The first kappa shape index (κ1) is 30.0. The number of hydrogen-bond acceptors (Lipinski definition) is 4. The van der Waals surface area contributed by atoms with Gasteiger partial charge >= 0.3 is 0 Å². The number of benzene rings is 3. The summed E-state index contributed by atoms with van der Waals surface area (Å²) in [6.07, 6.45) is -0.808. The van der Waals surface area contributed by atoms with Crippen LogP contribution < -0.4 is 10.4 Å². The van der Waals surface area contributed by atoms with E-state index in [4.69, 9.17) is 9.16 Å². The lowest BCUT2D eigenvalue weighted by Crippen LogP contribution is -2.67. The van der Waals surface area contributed by atoms with Crippen molar-refractivity contribution in [3.63, 3.8) is 0 Å². The van der Waals surface area contributed by atoms with Crippen LogP contribution in [0.1, 0.15) is 47.1 Å². The number of ketones is 1. The van der Waals surface area contributed by atoms with Crippen LogP contribution >= 0.6 is 0 Å². The summed E-state index contributed by atoms with van der Waals surface area (Å²) in [5.74, 6) is -1.01. The number of carbonyl (C=O) groups excluding carboxylic acids is 1. The maximum Gasteiger partial charge on any atom is 0.261 e. The minimum atomic E-state index is -2.71. The third-order valence-electron chi connectivity index (χ3n) is 7.49. The number of aliphatic hydroxyl groups excluding tert-OH is 1. The summed E-state index contributed by atoms with van der Waals surface area (Å²) in [6.45, 7) is 13.6. The average Bonchev–Trinajstić information content (AvgIpc) is 2.93. The Balaban J connectivity index is 1.70. The molecule has 3 aromatic rings. The summed E-state index contributed by atoms with van der Waals surface area (Å²) in [6, 6.07) is 30.9. The third-order valence-corrected chi connectivity index (χ3v) is 12.5. The molecule has 204 valence electrons. The van der Waals surface area contributed by atoms with Crippen molar-refractivity contribution in [1.29, 1.82) is 0 Å². The Morgan fingerprint density at radius 3 is 1.74 bits per heavy atom. The highest BCUT2D eigenvalue weighted by Gasteiger charge is 2.50. The van der Waals surface area contributed by atoms with Gasteiger partial charge in [-0.25, -0.2) is 0 Å². The molecule has 0 amide bonds. The van der Waals surface area contributed by atoms with E-state index in [1.807, 2.05) is 63.2 Å². The number of ether oxygens (including phenoxy) is 1. The smallest absolute Gasteiger partial charge is 0.261 e. The zero-order valence-corrected chi connectivity index (χ0v) is 24.8. The molecule has 0 aromatic heterocycles. The average molecular weight is 533 g/mol. The molecule has 1 N–H and O–H groups in total. The maximum atomic E-state index is 13.2. The summed E-state index contributed by atoms with van der Waals surface area (Å²) < 4.78 is 12.8. The fraction of sp³-hybridized carbons (Fsp3) is 0.424. The molecule has 4 atom stereocenters. The predicted molar refractivity (Wildman–Crippen MR) is 158 cm³/mol. The lowest BCUT2D eigenvalue weighted by atomic mass is 9.86. The zero-order valence-electron chi connectivity index (χ0n) is 23.8. The summed E-state index contributed by atoms with van der Waals surface area (Å²) in [5, 5.41) is 13.5. The molecule has 0 saturated heterocycles. The molecule has 0 spiro atoms. The first-order valence-corrected chi connectivity index (χ1v) is 15.6. The van der Waals surface area contributed by atoms with Gasteiger partial charge in [-0.1, -0.05) is 133 Å². The Hall–Kier alpha value is -2.57. The molecule has 0 saturated carbocycles. The Bertz CT molecular complexity index is 1070. The van der Waals surface area contributed by atoms with E-state index in [-0.39, 0.29) is 22.7 Å². The maximum absolute atomic E-state index is 13.2. The number of aliphatic hydroxyl groups is 1. The normalized spacial score (nSPS) is 15.4. The molecule has 0 bridgehead atoms. The van der Waals surface area contributed by atoms with Gasteiger partial charge in [-0.3, -0.25) is 4.79 Å². The van der Waals surface area contributed by atoms with Crippen LogP contribution in [-0.2, 0) is 20.6 Å². The van der Waals surface area contributed by atoms with E-state index in [2.05, 4.69) is 69.3 Å². The SMILES string of the molecule is C[C@H](COCc1ccccc1)C(=O)[C@@H](C)[C@H](O)[C@@H](C)CO[Si](c1ccccc1)(c1ccccc1)C(C)(C)C. The molecule has 0 radical (unpaired) electrons. The van der Waals surface area contributed by atoms with Crippen molar-refractivity contribution >= 4 is 24.5 Å². The summed E-state index contributed by atoms with van der Waals surface area (Å²) in [5.41, 5.74) is 1.08. The van der Waals surface area contributed by atoms with Gasteiger partial charge in [-0.05, 0) is 21.0 Å². The first-order valence-electron chi connectivity index (χ1n) is 13.7. The summed E-state index contributed by atoms with van der Waals surface area (Å²) >= 11 is 0. The van der Waals surface area contributed by atoms with Gasteiger partial charge in [0.25, 0.3) is 8.32 Å². The second-order valence-electron chi connectivity index (χ2n) is 11.5. The predicted octanol–water partition coefficient (Wildman–Crippen LogP) is 5.62. The standard InChI is InChI=1S/C33H44O4Si/c1-25(22-36-24-28-16-10-7-11-17-28)31(34)27(3)32(35)26(2)23-37-38(33(4,5)6,29-18-12-8-13-19-29)30-20-14-9-15-21-30/h7-21,25-27,32,35H,22-24H2,1-6H3/t25-,26+,27-,32-/m1/s1. The van der Waals surface area contributed by atoms with Crippen molar-refractivity contribution < 1.29 is 19.1 Å². The monoisotopic (exact) mass is 532 g/mol. The van der Waals surface area contributed by atoms with Crippen molar-refractivity contribution in [2.24, 2.45) is 17.8 Å².